The number of H-pyrrole nitrogens is 2. The van der Waals surface area contributed by atoms with Gasteiger partial charge in [0.25, 0.3) is 0 Å². The topological polar surface area (TPSA) is 87.8 Å². The van der Waals surface area contributed by atoms with E-state index in [0.29, 0.717) is 5.16 Å². The molecule has 8 heteroatoms. The summed E-state index contributed by atoms with van der Waals surface area (Å²) < 4.78 is 4.73. The predicted octanol–water partition coefficient (Wildman–Crippen LogP) is 1.17. The predicted molar refractivity (Wildman–Crippen MR) is 64.1 cm³/mol. The third-order valence-corrected chi connectivity index (χ3v) is 3.79. The first-order valence-corrected chi connectivity index (χ1v) is 6.44. The molecular weight excluding hydrogens is 262 g/mol. The molecule has 2 aromatic rings. The van der Waals surface area contributed by atoms with Crippen molar-refractivity contribution in [1.29, 1.82) is 0 Å². The molecule has 1 unspecified atom stereocenters. The highest BCUT2D eigenvalue weighted by Crippen LogP contribution is 2.34. The third-order valence-electron chi connectivity index (χ3n) is 1.97. The molecule has 0 aliphatic heterocycles. The Morgan fingerprint density at radius 3 is 3.00 bits per heavy atom. The van der Waals surface area contributed by atoms with E-state index < -0.39 is 10.9 Å². The van der Waals surface area contributed by atoms with Crippen LogP contribution in [0.5, 0.6) is 0 Å². The van der Waals surface area contributed by atoms with Gasteiger partial charge in [0.2, 0.25) is 0 Å². The number of rotatable bonds is 4. The molecule has 0 saturated heterocycles. The minimum Gasteiger partial charge on any atom is -0.468 e. The molecule has 0 spiro atoms. The zero-order valence-corrected chi connectivity index (χ0v) is 10.4. The summed E-state index contributed by atoms with van der Waals surface area (Å²) in [4.78, 5) is 25.0. The lowest BCUT2D eigenvalue weighted by Crippen LogP contribution is -2.10. The highest BCUT2D eigenvalue weighted by molar-refractivity contribution is 8.00. The molecule has 0 saturated carbocycles. The van der Waals surface area contributed by atoms with Crippen molar-refractivity contribution >= 4 is 29.1 Å². The summed E-state index contributed by atoms with van der Waals surface area (Å²) in [7, 11) is 1.33. The van der Waals surface area contributed by atoms with Crippen LogP contribution in [0.15, 0.2) is 26.8 Å². The fourth-order valence-electron chi connectivity index (χ4n) is 1.21. The van der Waals surface area contributed by atoms with Gasteiger partial charge in [-0.2, -0.15) is 11.3 Å². The van der Waals surface area contributed by atoms with Crippen molar-refractivity contribution in [3.63, 3.8) is 0 Å². The SMILES string of the molecule is COC(=O)C(Sc1n[nH]c(=O)[nH]1)c1ccsc1. The first kappa shape index (κ1) is 11.9. The maximum atomic E-state index is 11.7. The number of aromatic nitrogens is 3. The van der Waals surface area contributed by atoms with Crippen LogP contribution < -0.4 is 5.69 Å². The number of ether oxygens (including phenoxy) is 1. The highest BCUT2D eigenvalue weighted by Gasteiger charge is 2.24. The molecule has 1 atom stereocenters. The van der Waals surface area contributed by atoms with E-state index in [4.69, 9.17) is 4.74 Å². The van der Waals surface area contributed by atoms with Crippen LogP contribution in [-0.2, 0) is 9.53 Å². The first-order valence-electron chi connectivity index (χ1n) is 4.62. The molecule has 90 valence electrons. The molecule has 0 amide bonds. The van der Waals surface area contributed by atoms with Crippen LogP contribution in [0.1, 0.15) is 10.8 Å². The maximum absolute atomic E-state index is 11.7. The quantitative estimate of drug-likeness (QED) is 0.643. The van der Waals surface area contributed by atoms with Gasteiger partial charge in [-0.05, 0) is 22.4 Å². The van der Waals surface area contributed by atoms with Gasteiger partial charge in [0.1, 0.15) is 5.25 Å². The summed E-state index contributed by atoms with van der Waals surface area (Å²) in [5.74, 6) is -0.378. The van der Waals surface area contributed by atoms with Crippen molar-refractivity contribution in [2.24, 2.45) is 0 Å². The van der Waals surface area contributed by atoms with E-state index in [9.17, 15) is 9.59 Å². The molecule has 0 aromatic carbocycles. The molecule has 0 radical (unpaired) electrons. The van der Waals surface area contributed by atoms with E-state index in [0.717, 1.165) is 17.3 Å². The number of carbonyl (C=O) groups excluding carboxylic acids is 1. The molecular formula is C9H9N3O3S2. The summed E-state index contributed by atoms with van der Waals surface area (Å²) in [6.45, 7) is 0. The Morgan fingerprint density at radius 1 is 1.65 bits per heavy atom. The van der Waals surface area contributed by atoms with E-state index in [2.05, 4.69) is 15.2 Å². The zero-order chi connectivity index (χ0) is 12.3. The molecule has 2 heterocycles. The number of nitrogens with one attached hydrogen (secondary N) is 2. The van der Waals surface area contributed by atoms with Crippen molar-refractivity contribution in [3.8, 4) is 0 Å². The Morgan fingerprint density at radius 2 is 2.47 bits per heavy atom. The van der Waals surface area contributed by atoms with E-state index >= 15 is 0 Å². The van der Waals surface area contributed by atoms with E-state index in [-0.39, 0.29) is 5.97 Å². The van der Waals surface area contributed by atoms with Gasteiger partial charge in [-0.3, -0.25) is 9.78 Å². The number of hydrogen-bond acceptors (Lipinski definition) is 6. The van der Waals surface area contributed by atoms with Gasteiger partial charge in [0, 0.05) is 0 Å². The number of hydrogen-bond donors (Lipinski definition) is 2. The molecule has 0 bridgehead atoms. The second-order valence-electron chi connectivity index (χ2n) is 3.06. The summed E-state index contributed by atoms with van der Waals surface area (Å²) in [6, 6.07) is 1.84. The van der Waals surface area contributed by atoms with Crippen LogP contribution >= 0.6 is 23.1 Å². The smallest absolute Gasteiger partial charge is 0.341 e. The molecule has 6 nitrogen and oxygen atoms in total. The number of carbonyl (C=O) groups is 1. The van der Waals surface area contributed by atoms with Gasteiger partial charge in [-0.15, -0.1) is 5.10 Å². The van der Waals surface area contributed by atoms with Crippen LogP contribution in [0.3, 0.4) is 0 Å². The Balaban J connectivity index is 2.22. The lowest BCUT2D eigenvalue weighted by atomic mass is 10.2. The van der Waals surface area contributed by atoms with Gasteiger partial charge in [-0.25, -0.2) is 9.89 Å². The molecule has 0 aliphatic carbocycles. The summed E-state index contributed by atoms with van der Waals surface area (Å²) in [5, 5.41) is 9.56. The monoisotopic (exact) mass is 271 g/mol. The number of aromatic amines is 2. The molecule has 2 aromatic heterocycles. The Bertz CT molecular complexity index is 546. The lowest BCUT2D eigenvalue weighted by molar-refractivity contribution is -0.140. The Hall–Kier alpha value is -1.54. The number of thiophene rings is 1. The van der Waals surface area contributed by atoms with Crippen molar-refractivity contribution in [1.82, 2.24) is 15.2 Å². The van der Waals surface area contributed by atoms with E-state index in [1.165, 1.54) is 18.4 Å². The number of esters is 1. The van der Waals surface area contributed by atoms with Gasteiger partial charge in [0.15, 0.2) is 5.16 Å². The fraction of sp³-hybridized carbons (Fsp3) is 0.222. The largest absolute Gasteiger partial charge is 0.468 e. The first-order chi connectivity index (χ1) is 8.20. The molecule has 17 heavy (non-hydrogen) atoms. The van der Waals surface area contributed by atoms with Crippen LogP contribution in [0.2, 0.25) is 0 Å². The van der Waals surface area contributed by atoms with Crippen molar-refractivity contribution in [3.05, 3.63) is 32.9 Å². The fourth-order valence-corrected chi connectivity index (χ4v) is 2.93. The minimum atomic E-state index is -0.523. The van der Waals surface area contributed by atoms with Gasteiger partial charge < -0.3 is 4.74 Å². The lowest BCUT2D eigenvalue weighted by Gasteiger charge is -2.10. The second-order valence-corrected chi connectivity index (χ2v) is 4.93. The number of nitrogens with zero attached hydrogens (tertiary/aromatic N) is 1. The second kappa shape index (κ2) is 5.19. The summed E-state index contributed by atoms with van der Waals surface area (Å²) >= 11 is 2.62. The normalized spacial score (nSPS) is 12.3. The van der Waals surface area contributed by atoms with Crippen LogP contribution in [0, 0.1) is 0 Å². The zero-order valence-electron chi connectivity index (χ0n) is 8.80. The molecule has 0 aliphatic rings. The van der Waals surface area contributed by atoms with Gasteiger partial charge in [-0.1, -0.05) is 11.8 Å². The summed E-state index contributed by atoms with van der Waals surface area (Å²) in [5.41, 5.74) is 0.428. The van der Waals surface area contributed by atoms with Gasteiger partial charge in [0.05, 0.1) is 7.11 Å². The maximum Gasteiger partial charge on any atom is 0.341 e. The van der Waals surface area contributed by atoms with Crippen molar-refractivity contribution in [2.75, 3.05) is 7.11 Å². The van der Waals surface area contributed by atoms with Crippen LogP contribution in [-0.4, -0.2) is 28.3 Å². The highest BCUT2D eigenvalue weighted by atomic mass is 32.2. The summed E-state index contributed by atoms with van der Waals surface area (Å²) in [6.07, 6.45) is 0. The van der Waals surface area contributed by atoms with Crippen molar-refractivity contribution in [2.45, 2.75) is 10.4 Å². The van der Waals surface area contributed by atoms with Crippen LogP contribution in [0.4, 0.5) is 0 Å². The number of methoxy groups -OCH3 is 1. The number of thioether (sulfide) groups is 1. The third kappa shape index (κ3) is 2.77. The van der Waals surface area contributed by atoms with Crippen molar-refractivity contribution < 1.29 is 9.53 Å². The van der Waals surface area contributed by atoms with E-state index in [1.54, 1.807) is 0 Å². The van der Waals surface area contributed by atoms with E-state index in [1.807, 2.05) is 16.8 Å². The van der Waals surface area contributed by atoms with Crippen LogP contribution in [0.25, 0.3) is 0 Å². The molecule has 2 N–H and O–H groups in total. The minimum absolute atomic E-state index is 0.358. The molecule has 2 rings (SSSR count). The Kier molecular flexibility index (Phi) is 3.64. The Labute approximate surface area is 104 Å². The average molecular weight is 271 g/mol. The van der Waals surface area contributed by atoms with Gasteiger partial charge >= 0.3 is 11.7 Å². The standard InChI is InChI=1S/C9H9N3O3S2/c1-15-7(13)6(5-2-3-16-4-5)17-9-10-8(14)11-12-9/h2-4,6H,1H3,(H2,10,11,12,14). The molecule has 0 fully saturated rings. The average Bonchev–Trinajstić information content (AvgIpc) is 2.96.